The summed E-state index contributed by atoms with van der Waals surface area (Å²) in [5.74, 6) is -0.188. The van der Waals surface area contributed by atoms with E-state index >= 15 is 0 Å². The van der Waals surface area contributed by atoms with Gasteiger partial charge in [-0.3, -0.25) is 4.90 Å². The zero-order valence-electron chi connectivity index (χ0n) is 13.0. The maximum Gasteiger partial charge on any atom is 0.411 e. The molecule has 1 aliphatic heterocycles. The number of β-amino-alcohol motifs (C(OH)–C–C–N with tert-alkyl or cyclic N) is 1. The van der Waals surface area contributed by atoms with E-state index < -0.39 is 29.3 Å². The fourth-order valence-corrected chi connectivity index (χ4v) is 2.73. The quantitative estimate of drug-likeness (QED) is 0.632. The molecule has 0 aliphatic carbocycles. The number of ether oxygens (including phenoxy) is 2. The molecule has 1 amide bonds. The number of esters is 1. The molecule has 122 valence electrons. The molecule has 0 radical (unpaired) electrons. The van der Waals surface area contributed by atoms with Gasteiger partial charge in [0.25, 0.3) is 0 Å². The second-order valence-electron chi connectivity index (χ2n) is 6.26. The van der Waals surface area contributed by atoms with Crippen molar-refractivity contribution >= 4 is 23.7 Å². The lowest BCUT2D eigenvalue weighted by atomic mass is 9.90. The number of aliphatic hydroxyl groups excluding tert-OH is 1. The van der Waals surface area contributed by atoms with E-state index in [0.29, 0.717) is 18.7 Å². The van der Waals surface area contributed by atoms with Crippen molar-refractivity contribution in [2.75, 3.05) is 19.5 Å². The van der Waals surface area contributed by atoms with Crippen LogP contribution in [0.2, 0.25) is 0 Å². The van der Waals surface area contributed by atoms with Gasteiger partial charge in [0.2, 0.25) is 0 Å². The maximum atomic E-state index is 12.4. The molecule has 0 spiro atoms. The topological polar surface area (TPSA) is 76.1 Å². The average Bonchev–Trinajstić information content (AvgIpc) is 2.71. The van der Waals surface area contributed by atoms with Gasteiger partial charge < -0.3 is 14.6 Å². The highest BCUT2D eigenvalue weighted by atomic mass is 35.5. The van der Waals surface area contributed by atoms with Crippen molar-refractivity contribution in [1.29, 1.82) is 0 Å². The van der Waals surface area contributed by atoms with Crippen molar-refractivity contribution in [3.8, 4) is 0 Å². The lowest BCUT2D eigenvalue weighted by molar-refractivity contribution is -0.153. The Morgan fingerprint density at radius 1 is 1.43 bits per heavy atom. The Morgan fingerprint density at radius 2 is 2.05 bits per heavy atom. The van der Waals surface area contributed by atoms with Crippen LogP contribution in [-0.4, -0.2) is 58.8 Å². The largest absolute Gasteiger partial charge is 0.467 e. The monoisotopic (exact) mass is 321 g/mol. The van der Waals surface area contributed by atoms with Crippen LogP contribution in [-0.2, 0) is 14.3 Å². The molecular weight excluding hydrogens is 298 g/mol. The number of methoxy groups -OCH3 is 1. The third-order valence-electron chi connectivity index (χ3n) is 3.39. The highest BCUT2D eigenvalue weighted by Crippen LogP contribution is 2.36. The van der Waals surface area contributed by atoms with Gasteiger partial charge in [-0.25, -0.2) is 9.59 Å². The van der Waals surface area contributed by atoms with Crippen LogP contribution in [0.5, 0.6) is 0 Å². The summed E-state index contributed by atoms with van der Waals surface area (Å²) in [5.41, 5.74) is -1.88. The Bertz CT molecular complexity index is 395. The van der Waals surface area contributed by atoms with Crippen molar-refractivity contribution in [1.82, 2.24) is 4.90 Å². The van der Waals surface area contributed by atoms with Crippen molar-refractivity contribution in [2.45, 2.75) is 57.3 Å². The van der Waals surface area contributed by atoms with Crippen molar-refractivity contribution in [3.05, 3.63) is 0 Å². The first-order valence-corrected chi connectivity index (χ1v) is 7.53. The first-order valence-electron chi connectivity index (χ1n) is 6.99. The van der Waals surface area contributed by atoms with E-state index in [1.165, 1.54) is 12.0 Å². The van der Waals surface area contributed by atoms with Gasteiger partial charge >= 0.3 is 12.1 Å². The Hall–Kier alpha value is -1.01. The fraction of sp³-hybridized carbons (Fsp3) is 0.857. The summed E-state index contributed by atoms with van der Waals surface area (Å²) in [6, 6.07) is 0. The summed E-state index contributed by atoms with van der Waals surface area (Å²) in [7, 11) is 1.27. The molecule has 0 aromatic carbocycles. The number of halogens is 1. The van der Waals surface area contributed by atoms with Gasteiger partial charge in [0.05, 0.1) is 19.8 Å². The van der Waals surface area contributed by atoms with E-state index in [9.17, 15) is 14.7 Å². The Labute approximate surface area is 130 Å². The van der Waals surface area contributed by atoms with Crippen molar-refractivity contribution in [3.63, 3.8) is 0 Å². The number of alkyl halides is 1. The van der Waals surface area contributed by atoms with E-state index in [1.807, 2.05) is 0 Å². The Balaban J connectivity index is 3.06. The number of carbonyl (C=O) groups excluding carboxylic acids is 2. The van der Waals surface area contributed by atoms with Gasteiger partial charge in [0.15, 0.2) is 0 Å². The maximum absolute atomic E-state index is 12.4. The molecular formula is C14H24ClNO5. The Kier molecular flexibility index (Phi) is 5.87. The van der Waals surface area contributed by atoms with Crippen LogP contribution >= 0.6 is 11.6 Å². The van der Waals surface area contributed by atoms with Crippen LogP contribution in [0.15, 0.2) is 0 Å². The van der Waals surface area contributed by atoms with Crippen LogP contribution in [0.25, 0.3) is 0 Å². The highest BCUT2D eigenvalue weighted by molar-refractivity contribution is 6.17. The highest BCUT2D eigenvalue weighted by Gasteiger charge is 2.54. The summed E-state index contributed by atoms with van der Waals surface area (Å²) in [6.07, 6.45) is -0.413. The molecule has 1 saturated heterocycles. The minimum absolute atomic E-state index is 0.0479. The standard InChI is InChI=1S/C14H24ClNO5/c1-13(2,3)21-12(19)16-9-10(17)8-14(16,6-5-7-15)11(18)20-4/h10,17H,5-9H2,1-4H3/t10-,14+/m1/s1. The molecule has 0 aromatic heterocycles. The van der Waals surface area contributed by atoms with E-state index in [-0.39, 0.29) is 13.0 Å². The van der Waals surface area contributed by atoms with Gasteiger partial charge in [-0.15, -0.1) is 11.6 Å². The molecule has 2 atom stereocenters. The second kappa shape index (κ2) is 6.83. The minimum atomic E-state index is -1.20. The van der Waals surface area contributed by atoms with Gasteiger partial charge in [-0.05, 0) is 33.6 Å². The first-order chi connectivity index (χ1) is 9.66. The van der Waals surface area contributed by atoms with Crippen LogP contribution in [0.4, 0.5) is 4.79 Å². The predicted octanol–water partition coefficient (Wildman–Crippen LogP) is 1.92. The lowest BCUT2D eigenvalue weighted by Crippen LogP contribution is -2.54. The van der Waals surface area contributed by atoms with Crippen LogP contribution in [0, 0.1) is 0 Å². The number of likely N-dealkylation sites (tertiary alicyclic amines) is 1. The molecule has 0 unspecified atom stereocenters. The number of hydrogen-bond donors (Lipinski definition) is 1. The van der Waals surface area contributed by atoms with E-state index in [1.54, 1.807) is 20.8 Å². The van der Waals surface area contributed by atoms with E-state index in [0.717, 1.165) is 0 Å². The molecule has 0 aromatic rings. The average molecular weight is 322 g/mol. The molecule has 0 saturated carbocycles. The SMILES string of the molecule is COC(=O)[C@]1(CCCCl)C[C@@H](O)CN1C(=O)OC(C)(C)C. The molecule has 21 heavy (non-hydrogen) atoms. The number of carbonyl (C=O) groups is 2. The lowest BCUT2D eigenvalue weighted by Gasteiger charge is -2.36. The zero-order valence-corrected chi connectivity index (χ0v) is 13.8. The minimum Gasteiger partial charge on any atom is -0.467 e. The number of rotatable bonds is 4. The smallest absolute Gasteiger partial charge is 0.411 e. The second-order valence-corrected chi connectivity index (χ2v) is 6.64. The van der Waals surface area contributed by atoms with Crippen LogP contribution in [0.3, 0.4) is 0 Å². The molecule has 1 aliphatic rings. The number of nitrogens with zero attached hydrogens (tertiary/aromatic N) is 1. The van der Waals surface area contributed by atoms with Gasteiger partial charge in [-0.1, -0.05) is 0 Å². The normalized spacial score (nSPS) is 25.8. The molecule has 1 heterocycles. The molecule has 1 rings (SSSR count). The van der Waals surface area contributed by atoms with Crippen molar-refractivity contribution < 1.29 is 24.2 Å². The summed E-state index contributed by atoms with van der Waals surface area (Å²) < 4.78 is 10.2. The summed E-state index contributed by atoms with van der Waals surface area (Å²) >= 11 is 5.71. The fourth-order valence-electron chi connectivity index (χ4n) is 2.60. The van der Waals surface area contributed by atoms with Crippen LogP contribution < -0.4 is 0 Å². The molecule has 1 fully saturated rings. The molecule has 7 heteroatoms. The van der Waals surface area contributed by atoms with Gasteiger partial charge in [-0.2, -0.15) is 0 Å². The van der Waals surface area contributed by atoms with E-state index in [2.05, 4.69) is 0 Å². The molecule has 1 N–H and O–H groups in total. The van der Waals surface area contributed by atoms with Crippen molar-refractivity contribution in [2.24, 2.45) is 0 Å². The predicted molar refractivity (Wildman–Crippen MR) is 78.3 cm³/mol. The molecule has 6 nitrogen and oxygen atoms in total. The number of aliphatic hydroxyl groups is 1. The number of hydrogen-bond acceptors (Lipinski definition) is 5. The third kappa shape index (κ3) is 4.23. The first kappa shape index (κ1) is 18.0. The summed E-state index contributed by atoms with van der Waals surface area (Å²) in [4.78, 5) is 25.9. The van der Waals surface area contributed by atoms with Gasteiger partial charge in [0.1, 0.15) is 11.1 Å². The summed E-state index contributed by atoms with van der Waals surface area (Å²) in [6.45, 7) is 5.29. The van der Waals surface area contributed by atoms with Crippen LogP contribution in [0.1, 0.15) is 40.0 Å². The Morgan fingerprint density at radius 3 is 2.52 bits per heavy atom. The molecule has 0 bridgehead atoms. The third-order valence-corrected chi connectivity index (χ3v) is 3.65. The number of amides is 1. The van der Waals surface area contributed by atoms with Gasteiger partial charge in [0, 0.05) is 12.3 Å². The van der Waals surface area contributed by atoms with E-state index in [4.69, 9.17) is 21.1 Å². The zero-order chi connectivity index (χ0) is 16.3. The summed E-state index contributed by atoms with van der Waals surface area (Å²) in [5, 5.41) is 9.94.